The van der Waals surface area contributed by atoms with Crippen molar-refractivity contribution in [2.45, 2.75) is 35.5 Å². The van der Waals surface area contributed by atoms with E-state index in [0.717, 1.165) is 25.7 Å². The van der Waals surface area contributed by atoms with Crippen LogP contribution in [-0.2, 0) is 6.42 Å². The number of fused-ring (bicyclic) bond motifs is 3. The van der Waals surface area contributed by atoms with Gasteiger partial charge in [-0.3, -0.25) is 9.97 Å². The van der Waals surface area contributed by atoms with Gasteiger partial charge >= 0.3 is 0 Å². The molecule has 0 N–H and O–H groups in total. The summed E-state index contributed by atoms with van der Waals surface area (Å²) in [6.07, 6.45) is 21.5. The molecule has 0 spiro atoms. The van der Waals surface area contributed by atoms with Crippen molar-refractivity contribution in [3.05, 3.63) is 88.8 Å². The van der Waals surface area contributed by atoms with Crippen LogP contribution >= 0.6 is 11.8 Å². The van der Waals surface area contributed by atoms with Gasteiger partial charge in [0.1, 0.15) is 0 Å². The highest BCUT2D eigenvalue weighted by Gasteiger charge is 2.17. The summed E-state index contributed by atoms with van der Waals surface area (Å²) in [6.45, 7) is 0. The number of hydrogen-bond donors (Lipinski definition) is 0. The van der Waals surface area contributed by atoms with Gasteiger partial charge in [0.15, 0.2) is 0 Å². The molecule has 4 aromatic rings. The second-order valence-corrected chi connectivity index (χ2v) is 9.16. The van der Waals surface area contributed by atoms with Crippen LogP contribution in [0.5, 0.6) is 0 Å². The van der Waals surface area contributed by atoms with Crippen LogP contribution in [0, 0.1) is 0 Å². The summed E-state index contributed by atoms with van der Waals surface area (Å²) in [5.41, 5.74) is 5.42. The summed E-state index contributed by atoms with van der Waals surface area (Å²) in [4.78, 5) is 11.2. The van der Waals surface area contributed by atoms with Gasteiger partial charge in [0.25, 0.3) is 0 Å². The quantitative estimate of drug-likeness (QED) is 0.423. The number of aromatic nitrogens is 2. The lowest BCUT2D eigenvalue weighted by Gasteiger charge is -2.18. The first kappa shape index (κ1) is 18.6. The molecule has 2 aliphatic rings. The predicted octanol–water partition coefficient (Wildman–Crippen LogP) is 5.76. The van der Waals surface area contributed by atoms with Crippen molar-refractivity contribution >= 4 is 40.8 Å². The maximum Gasteiger partial charge on any atom is 0.0353 e. The van der Waals surface area contributed by atoms with Crippen molar-refractivity contribution in [3.63, 3.8) is 0 Å². The maximum absolute atomic E-state index is 4.53. The molecule has 0 radical (unpaired) electrons. The minimum Gasteiger partial charge on any atom is -0.265 e. The van der Waals surface area contributed by atoms with Gasteiger partial charge in [-0.15, -0.1) is 0 Å². The summed E-state index contributed by atoms with van der Waals surface area (Å²) in [5, 5.41) is 5.22. The van der Waals surface area contributed by atoms with Crippen LogP contribution in [-0.4, -0.2) is 9.97 Å². The highest BCUT2D eigenvalue weighted by molar-refractivity contribution is 7.99. The van der Waals surface area contributed by atoms with E-state index in [-0.39, 0.29) is 0 Å². The van der Waals surface area contributed by atoms with Gasteiger partial charge in [0.05, 0.1) is 0 Å². The molecule has 2 nitrogen and oxygen atoms in total. The average Bonchev–Trinajstić information content (AvgIpc) is 2.84. The molecule has 2 aliphatic carbocycles. The fourth-order valence-corrected chi connectivity index (χ4v) is 5.83. The van der Waals surface area contributed by atoms with Crippen molar-refractivity contribution in [2.75, 3.05) is 0 Å². The number of nitrogens with zero attached hydrogens (tertiary/aromatic N) is 2. The summed E-state index contributed by atoms with van der Waals surface area (Å²) < 4.78 is 0. The minimum absolute atomic E-state index is 1.08. The van der Waals surface area contributed by atoms with Crippen LogP contribution in [0.2, 0.25) is 0 Å². The van der Waals surface area contributed by atoms with Crippen molar-refractivity contribution in [2.24, 2.45) is 0 Å². The average molecular weight is 419 g/mol. The standard InChI is InChI=1S/C28H22N2S/c1-2-6-20-17-21(10-9-19(20)5-1)27-23-7-3-4-8-24(23)28(25-13-16-30-18-26(25)27)31-22-11-14-29-15-12-22/h1,5,7-18H,2-4,6H2. The Labute approximate surface area is 186 Å². The Morgan fingerprint density at radius 3 is 2.52 bits per heavy atom. The molecule has 150 valence electrons. The third kappa shape index (κ3) is 3.30. The molecule has 2 aromatic heterocycles. The van der Waals surface area contributed by atoms with Gasteiger partial charge in [-0.1, -0.05) is 54.3 Å². The van der Waals surface area contributed by atoms with Crippen molar-refractivity contribution in [1.29, 1.82) is 0 Å². The molecule has 6 rings (SSSR count). The highest BCUT2D eigenvalue weighted by Crippen LogP contribution is 2.35. The van der Waals surface area contributed by atoms with Crippen molar-refractivity contribution in [3.8, 4) is 11.1 Å². The third-order valence-electron chi connectivity index (χ3n) is 6.18. The van der Waals surface area contributed by atoms with Gasteiger partial charge in [-0.05, 0) is 82.0 Å². The summed E-state index contributed by atoms with van der Waals surface area (Å²) in [7, 11) is 0. The Morgan fingerprint density at radius 2 is 1.61 bits per heavy atom. The number of allylic oxidation sites excluding steroid dienone is 1. The SMILES string of the molecule is C1=Cc2ccc(-c3c4c(c(Sc5ccncc5)c5ccncc35)=CCCC=4)cc2CC1. The summed E-state index contributed by atoms with van der Waals surface area (Å²) >= 11 is 1.83. The Morgan fingerprint density at radius 1 is 0.774 bits per heavy atom. The topological polar surface area (TPSA) is 25.8 Å². The third-order valence-corrected chi connectivity index (χ3v) is 7.33. The fourth-order valence-electron chi connectivity index (χ4n) is 4.74. The van der Waals surface area contributed by atoms with Gasteiger partial charge in [-0.25, -0.2) is 0 Å². The van der Waals surface area contributed by atoms with Crippen molar-refractivity contribution in [1.82, 2.24) is 9.97 Å². The number of rotatable bonds is 3. The first-order valence-electron chi connectivity index (χ1n) is 10.9. The van der Waals surface area contributed by atoms with Gasteiger partial charge in [0.2, 0.25) is 0 Å². The van der Waals surface area contributed by atoms with Crippen LogP contribution in [0.3, 0.4) is 0 Å². The Kier molecular flexibility index (Phi) is 4.69. The Balaban J connectivity index is 1.66. The molecule has 2 heterocycles. The van der Waals surface area contributed by atoms with Crippen LogP contribution in [0.1, 0.15) is 30.4 Å². The summed E-state index contributed by atoms with van der Waals surface area (Å²) in [5.74, 6) is 0. The predicted molar refractivity (Wildman–Crippen MR) is 130 cm³/mol. The number of aryl methyl sites for hydroxylation is 1. The molecular weight excluding hydrogens is 396 g/mol. The van der Waals surface area contributed by atoms with E-state index in [0.29, 0.717) is 0 Å². The monoisotopic (exact) mass is 418 g/mol. The first-order chi connectivity index (χ1) is 15.4. The number of pyridine rings is 2. The lowest BCUT2D eigenvalue weighted by Crippen LogP contribution is -2.31. The molecule has 0 unspecified atom stereocenters. The van der Waals surface area contributed by atoms with E-state index in [1.807, 2.05) is 36.5 Å². The Hall–Kier alpha value is -3.17. The van der Waals surface area contributed by atoms with E-state index in [1.165, 1.54) is 53.3 Å². The molecule has 0 bridgehead atoms. The lowest BCUT2D eigenvalue weighted by molar-refractivity contribution is 0.986. The van der Waals surface area contributed by atoms with Crippen LogP contribution in [0.25, 0.3) is 40.1 Å². The zero-order chi connectivity index (χ0) is 20.6. The zero-order valence-corrected chi connectivity index (χ0v) is 18.0. The molecule has 0 saturated carbocycles. The molecule has 3 heteroatoms. The number of benzene rings is 2. The largest absolute Gasteiger partial charge is 0.265 e. The van der Waals surface area contributed by atoms with Gasteiger partial charge < -0.3 is 0 Å². The van der Waals surface area contributed by atoms with Crippen LogP contribution < -0.4 is 10.4 Å². The molecule has 0 saturated heterocycles. The van der Waals surface area contributed by atoms with Crippen LogP contribution in [0.15, 0.2) is 77.1 Å². The van der Waals surface area contributed by atoms with E-state index in [9.17, 15) is 0 Å². The zero-order valence-electron chi connectivity index (χ0n) is 17.2. The summed E-state index contributed by atoms with van der Waals surface area (Å²) in [6, 6.07) is 13.3. The molecule has 31 heavy (non-hydrogen) atoms. The van der Waals surface area contributed by atoms with E-state index in [1.54, 1.807) is 0 Å². The van der Waals surface area contributed by atoms with E-state index < -0.39 is 0 Å². The second kappa shape index (κ2) is 7.82. The molecule has 0 aliphatic heterocycles. The highest BCUT2D eigenvalue weighted by atomic mass is 32.2. The second-order valence-electron chi connectivity index (χ2n) is 8.08. The van der Waals surface area contributed by atoms with E-state index in [4.69, 9.17) is 0 Å². The molecule has 0 fully saturated rings. The first-order valence-corrected chi connectivity index (χ1v) is 11.7. The molecule has 0 atom stereocenters. The lowest BCUT2D eigenvalue weighted by atomic mass is 9.89. The van der Waals surface area contributed by atoms with Gasteiger partial charge in [-0.2, -0.15) is 0 Å². The number of hydrogen-bond acceptors (Lipinski definition) is 3. The van der Waals surface area contributed by atoms with E-state index in [2.05, 4.69) is 70.7 Å². The fraction of sp³-hybridized carbons (Fsp3) is 0.143. The maximum atomic E-state index is 4.53. The normalized spacial score (nSPS) is 14.5. The van der Waals surface area contributed by atoms with E-state index >= 15 is 0 Å². The smallest absolute Gasteiger partial charge is 0.0353 e. The molecule has 0 amide bonds. The van der Waals surface area contributed by atoms with Crippen LogP contribution in [0.4, 0.5) is 0 Å². The minimum atomic E-state index is 1.08. The molecule has 2 aromatic carbocycles. The molecular formula is C28H22N2S. The Bertz CT molecular complexity index is 1450. The van der Waals surface area contributed by atoms with Crippen molar-refractivity contribution < 1.29 is 0 Å². The van der Waals surface area contributed by atoms with Gasteiger partial charge in [0, 0.05) is 40.0 Å².